The number of aryl methyl sites for hydroxylation is 2. The molecule has 10 heteroatoms. The second kappa shape index (κ2) is 7.63. The number of pyridine rings is 1. The van der Waals surface area contributed by atoms with E-state index < -0.39 is 11.2 Å². The molecule has 1 N–H and O–H groups in total. The number of thioether (sulfide) groups is 1. The molecule has 0 saturated heterocycles. The molecule has 0 aromatic carbocycles. The summed E-state index contributed by atoms with van der Waals surface area (Å²) in [5.74, 6) is 1.25. The number of rotatable bonds is 7. The van der Waals surface area contributed by atoms with Crippen molar-refractivity contribution in [2.75, 3.05) is 0 Å². The zero-order valence-electron chi connectivity index (χ0n) is 15.8. The number of aromatic nitrogens is 7. The lowest BCUT2D eigenvalue weighted by atomic mass is 10.3. The summed E-state index contributed by atoms with van der Waals surface area (Å²) >= 11 is 1.49. The van der Waals surface area contributed by atoms with E-state index >= 15 is 0 Å². The van der Waals surface area contributed by atoms with Crippen molar-refractivity contribution < 1.29 is 0 Å². The van der Waals surface area contributed by atoms with Gasteiger partial charge in [0.15, 0.2) is 22.0 Å². The third-order valence-electron chi connectivity index (χ3n) is 4.63. The Morgan fingerprint density at radius 3 is 2.79 bits per heavy atom. The number of nitrogens with zero attached hydrogens (tertiary/aromatic N) is 6. The van der Waals surface area contributed by atoms with Gasteiger partial charge in [0, 0.05) is 19.3 Å². The van der Waals surface area contributed by atoms with Crippen LogP contribution < -0.4 is 11.2 Å². The highest BCUT2D eigenvalue weighted by molar-refractivity contribution is 7.98. The Labute approximate surface area is 164 Å². The first-order chi connectivity index (χ1) is 13.6. The normalized spacial score (nSPS) is 11.6. The quantitative estimate of drug-likeness (QED) is 0.477. The minimum Gasteiger partial charge on any atom is -0.322 e. The molecule has 4 aromatic heterocycles. The fourth-order valence-electron chi connectivity index (χ4n) is 3.24. The van der Waals surface area contributed by atoms with Crippen molar-refractivity contribution in [1.29, 1.82) is 0 Å². The number of aromatic amines is 1. The fourth-order valence-corrected chi connectivity index (χ4v) is 4.11. The Morgan fingerprint density at radius 2 is 2.00 bits per heavy atom. The molecule has 0 amide bonds. The van der Waals surface area contributed by atoms with Gasteiger partial charge in [-0.3, -0.25) is 18.7 Å². The van der Waals surface area contributed by atoms with E-state index in [0.717, 1.165) is 29.5 Å². The van der Waals surface area contributed by atoms with Crippen LogP contribution in [-0.4, -0.2) is 33.7 Å². The molecule has 0 spiro atoms. The molecule has 0 saturated carbocycles. The smallest absolute Gasteiger partial charge is 0.322 e. The van der Waals surface area contributed by atoms with Gasteiger partial charge in [0.05, 0.1) is 5.75 Å². The maximum Gasteiger partial charge on any atom is 0.330 e. The Hall–Kier alpha value is -2.88. The molecule has 9 nitrogen and oxygen atoms in total. The van der Waals surface area contributed by atoms with Gasteiger partial charge >= 0.3 is 5.69 Å². The van der Waals surface area contributed by atoms with Gasteiger partial charge in [0.25, 0.3) is 5.56 Å². The molecule has 0 aliphatic carbocycles. The zero-order chi connectivity index (χ0) is 19.7. The number of unbranched alkanes of at least 4 members (excludes halogenated alkanes) is 1. The summed E-state index contributed by atoms with van der Waals surface area (Å²) in [6.45, 7) is 5.14. The fraction of sp³-hybridized carbons (Fsp3) is 0.389. The highest BCUT2D eigenvalue weighted by atomic mass is 32.2. The summed E-state index contributed by atoms with van der Waals surface area (Å²) in [4.78, 5) is 31.9. The topological polar surface area (TPSA) is 103 Å². The van der Waals surface area contributed by atoms with Crippen molar-refractivity contribution in [3.63, 3.8) is 0 Å². The molecule has 4 heterocycles. The highest BCUT2D eigenvalue weighted by Crippen LogP contribution is 2.23. The standard InChI is InChI=1S/C18H21N7O2S/c1-3-5-9-25-15-14(16(26)20-17(25)27)23(4-2)13(19-15)11-28-18-22-21-12-8-6-7-10-24(12)18/h6-8,10H,3-5,9,11H2,1-2H3,(H,20,26,27). The van der Waals surface area contributed by atoms with E-state index in [2.05, 4.69) is 27.1 Å². The number of nitrogens with one attached hydrogen (secondary N) is 1. The number of H-pyrrole nitrogens is 1. The SMILES string of the molecule is CCCCn1c(=O)[nH]c(=O)c2c1nc(CSc1nnc3ccccn13)n2CC. The van der Waals surface area contributed by atoms with Gasteiger partial charge in [-0.05, 0) is 25.5 Å². The highest BCUT2D eigenvalue weighted by Gasteiger charge is 2.18. The molecule has 0 fully saturated rings. The van der Waals surface area contributed by atoms with Gasteiger partial charge in [-0.25, -0.2) is 9.78 Å². The van der Waals surface area contributed by atoms with E-state index in [1.54, 1.807) is 4.57 Å². The van der Waals surface area contributed by atoms with E-state index in [-0.39, 0.29) is 0 Å². The van der Waals surface area contributed by atoms with Crippen molar-refractivity contribution >= 4 is 28.6 Å². The van der Waals surface area contributed by atoms with Gasteiger partial charge in [0.2, 0.25) is 0 Å². The summed E-state index contributed by atoms with van der Waals surface area (Å²) in [6.07, 6.45) is 3.70. The molecule has 0 radical (unpaired) electrons. The summed E-state index contributed by atoms with van der Waals surface area (Å²) in [5.41, 5.74) is 0.866. The van der Waals surface area contributed by atoms with Gasteiger partial charge < -0.3 is 4.57 Å². The summed E-state index contributed by atoms with van der Waals surface area (Å²) < 4.78 is 5.34. The van der Waals surface area contributed by atoms with Gasteiger partial charge in [-0.15, -0.1) is 10.2 Å². The molecule has 0 aliphatic rings. The van der Waals surface area contributed by atoms with Crippen LogP contribution in [0.3, 0.4) is 0 Å². The van der Waals surface area contributed by atoms with Gasteiger partial charge in [-0.2, -0.15) is 0 Å². The van der Waals surface area contributed by atoms with E-state index in [1.165, 1.54) is 11.8 Å². The van der Waals surface area contributed by atoms with Gasteiger partial charge in [-0.1, -0.05) is 31.2 Å². The summed E-state index contributed by atoms with van der Waals surface area (Å²) in [7, 11) is 0. The lowest BCUT2D eigenvalue weighted by Gasteiger charge is -2.06. The summed E-state index contributed by atoms with van der Waals surface area (Å²) in [5, 5.41) is 9.13. The summed E-state index contributed by atoms with van der Waals surface area (Å²) in [6, 6.07) is 5.73. The van der Waals surface area contributed by atoms with Crippen molar-refractivity contribution in [3.05, 3.63) is 51.1 Å². The van der Waals surface area contributed by atoms with E-state index in [0.29, 0.717) is 30.0 Å². The van der Waals surface area contributed by atoms with E-state index in [4.69, 9.17) is 0 Å². The molecule has 0 unspecified atom stereocenters. The second-order valence-electron chi connectivity index (χ2n) is 6.41. The molecule has 0 atom stereocenters. The predicted octanol–water partition coefficient (Wildman–Crippen LogP) is 2.04. The first kappa shape index (κ1) is 18.5. The van der Waals surface area contributed by atoms with Crippen LogP contribution in [0.1, 0.15) is 32.5 Å². The molecule has 4 aromatic rings. The average molecular weight is 399 g/mol. The van der Waals surface area contributed by atoms with Crippen LogP contribution in [0.4, 0.5) is 0 Å². The Morgan fingerprint density at radius 1 is 1.14 bits per heavy atom. The molecular weight excluding hydrogens is 378 g/mol. The van der Waals surface area contributed by atoms with Gasteiger partial charge in [0.1, 0.15) is 5.82 Å². The number of hydrogen-bond acceptors (Lipinski definition) is 6. The third kappa shape index (κ3) is 3.13. The van der Waals surface area contributed by atoms with Crippen LogP contribution in [-0.2, 0) is 18.8 Å². The predicted molar refractivity (Wildman–Crippen MR) is 108 cm³/mol. The monoisotopic (exact) mass is 399 g/mol. The van der Waals surface area contributed by atoms with E-state index in [9.17, 15) is 9.59 Å². The van der Waals surface area contributed by atoms with E-state index in [1.807, 2.05) is 40.3 Å². The second-order valence-corrected chi connectivity index (χ2v) is 7.35. The number of imidazole rings is 1. The average Bonchev–Trinajstić information content (AvgIpc) is 3.27. The van der Waals surface area contributed by atoms with Crippen molar-refractivity contribution in [2.24, 2.45) is 0 Å². The largest absolute Gasteiger partial charge is 0.330 e. The maximum atomic E-state index is 12.5. The zero-order valence-corrected chi connectivity index (χ0v) is 16.6. The van der Waals surface area contributed by atoms with Crippen LogP contribution in [0.2, 0.25) is 0 Å². The first-order valence-corrected chi connectivity index (χ1v) is 10.3. The Balaban J connectivity index is 1.75. The molecule has 28 heavy (non-hydrogen) atoms. The molecule has 4 rings (SSSR count). The first-order valence-electron chi connectivity index (χ1n) is 9.28. The lowest BCUT2D eigenvalue weighted by molar-refractivity contribution is 0.613. The van der Waals surface area contributed by atoms with Crippen molar-refractivity contribution in [2.45, 2.75) is 50.7 Å². The van der Waals surface area contributed by atoms with Crippen LogP contribution in [0.25, 0.3) is 16.8 Å². The number of fused-ring (bicyclic) bond motifs is 2. The molecular formula is C18H21N7O2S. The number of hydrogen-bond donors (Lipinski definition) is 1. The molecule has 146 valence electrons. The van der Waals surface area contributed by atoms with Crippen LogP contribution in [0.15, 0.2) is 39.1 Å². The van der Waals surface area contributed by atoms with Crippen LogP contribution in [0.5, 0.6) is 0 Å². The Kier molecular flexibility index (Phi) is 5.03. The van der Waals surface area contributed by atoms with Crippen molar-refractivity contribution in [3.8, 4) is 0 Å². The Bertz CT molecular complexity index is 1250. The third-order valence-corrected chi connectivity index (χ3v) is 5.57. The molecule has 0 bridgehead atoms. The van der Waals surface area contributed by atoms with Crippen LogP contribution >= 0.6 is 11.8 Å². The van der Waals surface area contributed by atoms with Crippen LogP contribution in [0, 0.1) is 0 Å². The molecule has 0 aliphatic heterocycles. The lowest BCUT2D eigenvalue weighted by Crippen LogP contribution is -2.31. The minimum atomic E-state index is -0.408. The van der Waals surface area contributed by atoms with Crippen molar-refractivity contribution in [1.82, 2.24) is 33.7 Å². The maximum absolute atomic E-state index is 12.5. The minimum absolute atomic E-state index is 0.397.